The van der Waals surface area contributed by atoms with Crippen LogP contribution in [0.4, 0.5) is 0 Å². The van der Waals surface area contributed by atoms with Crippen LogP contribution in [0.15, 0.2) is 34.6 Å². The summed E-state index contributed by atoms with van der Waals surface area (Å²) in [6.45, 7) is 9.06. The van der Waals surface area contributed by atoms with Crippen LogP contribution in [0.3, 0.4) is 0 Å². The van der Waals surface area contributed by atoms with Crippen molar-refractivity contribution in [3.05, 3.63) is 63.9 Å². The summed E-state index contributed by atoms with van der Waals surface area (Å²) >= 11 is 0. The third kappa shape index (κ3) is 3.79. The fourth-order valence-electron chi connectivity index (χ4n) is 3.39. The summed E-state index contributed by atoms with van der Waals surface area (Å²) in [5.41, 5.74) is 5.48. The summed E-state index contributed by atoms with van der Waals surface area (Å²) in [4.78, 5) is 31.2. The molecule has 1 aliphatic heterocycles. The van der Waals surface area contributed by atoms with Gasteiger partial charge >= 0.3 is 0 Å². The summed E-state index contributed by atoms with van der Waals surface area (Å²) in [5.74, 6) is 0.509. The molecule has 6 heteroatoms. The van der Waals surface area contributed by atoms with Gasteiger partial charge in [-0.05, 0) is 56.9 Å². The van der Waals surface area contributed by atoms with E-state index in [1.165, 1.54) is 11.8 Å². The molecule has 0 saturated carbocycles. The van der Waals surface area contributed by atoms with E-state index in [1.807, 2.05) is 37.9 Å². The third-order valence-corrected chi connectivity index (χ3v) is 5.18. The van der Waals surface area contributed by atoms with Crippen molar-refractivity contribution in [3.63, 3.8) is 0 Å². The molecular weight excluding hydrogens is 342 g/mol. The minimum absolute atomic E-state index is 0.0639. The fraction of sp³-hybridized carbons (Fsp3) is 0.381. The minimum atomic E-state index is -0.158. The number of amides is 2. The van der Waals surface area contributed by atoms with Crippen molar-refractivity contribution in [3.8, 4) is 0 Å². The molecule has 0 spiro atoms. The second-order valence-corrected chi connectivity index (χ2v) is 6.85. The number of fused-ring (bicyclic) bond motifs is 1. The molecule has 0 radical (unpaired) electrons. The van der Waals surface area contributed by atoms with Crippen LogP contribution in [-0.4, -0.2) is 28.2 Å². The van der Waals surface area contributed by atoms with Gasteiger partial charge in [0.15, 0.2) is 0 Å². The molecular formula is C21H25N3O3. The standard InChI is InChI=1S/C21H25N3O3/c1-5-13(2)21(26)24-8-6-18-16(12-24)10-22-14(3)19(18)11-23-20(25)17-7-9-27-15(17)4/h5,7,9-10H,6,8,11-12H2,1-4H3,(H,23,25)/b13-5+. The molecule has 3 rings (SSSR count). The summed E-state index contributed by atoms with van der Waals surface area (Å²) in [6.07, 6.45) is 5.96. The van der Waals surface area contributed by atoms with Gasteiger partial charge in [-0.3, -0.25) is 14.6 Å². The van der Waals surface area contributed by atoms with E-state index < -0.39 is 0 Å². The molecule has 0 aliphatic carbocycles. The topological polar surface area (TPSA) is 75.4 Å². The Bertz CT molecular complexity index is 911. The number of carbonyl (C=O) groups excluding carboxylic acids is 2. The second-order valence-electron chi connectivity index (χ2n) is 6.85. The number of furan rings is 1. The van der Waals surface area contributed by atoms with Crippen molar-refractivity contribution >= 4 is 11.8 Å². The van der Waals surface area contributed by atoms with Crippen LogP contribution in [0.2, 0.25) is 0 Å². The molecule has 27 heavy (non-hydrogen) atoms. The number of aryl methyl sites for hydroxylation is 2. The van der Waals surface area contributed by atoms with Crippen molar-refractivity contribution in [1.29, 1.82) is 0 Å². The first kappa shape index (κ1) is 18.9. The average Bonchev–Trinajstić information content (AvgIpc) is 3.11. The summed E-state index contributed by atoms with van der Waals surface area (Å²) in [6, 6.07) is 1.67. The Labute approximate surface area is 159 Å². The van der Waals surface area contributed by atoms with Gasteiger partial charge in [0.05, 0.1) is 11.8 Å². The van der Waals surface area contributed by atoms with Gasteiger partial charge in [-0.15, -0.1) is 0 Å². The Kier molecular flexibility index (Phi) is 5.44. The Morgan fingerprint density at radius 3 is 2.81 bits per heavy atom. The number of allylic oxidation sites excluding steroid dienone is 1. The SMILES string of the molecule is C/C=C(\C)C(=O)N1CCc2c(cnc(C)c2CNC(=O)c2ccoc2C)C1. The average molecular weight is 367 g/mol. The van der Waals surface area contributed by atoms with E-state index >= 15 is 0 Å². The Morgan fingerprint density at radius 2 is 2.15 bits per heavy atom. The lowest BCUT2D eigenvalue weighted by molar-refractivity contribution is -0.128. The van der Waals surface area contributed by atoms with Crippen molar-refractivity contribution in [2.45, 2.75) is 47.2 Å². The zero-order valence-corrected chi connectivity index (χ0v) is 16.3. The number of nitrogens with one attached hydrogen (secondary N) is 1. The van der Waals surface area contributed by atoms with E-state index in [0.717, 1.165) is 28.8 Å². The fourth-order valence-corrected chi connectivity index (χ4v) is 3.39. The van der Waals surface area contributed by atoms with Crippen LogP contribution in [0, 0.1) is 13.8 Å². The Morgan fingerprint density at radius 1 is 1.37 bits per heavy atom. The number of aromatic nitrogens is 1. The van der Waals surface area contributed by atoms with Crippen LogP contribution in [-0.2, 0) is 24.3 Å². The third-order valence-electron chi connectivity index (χ3n) is 5.18. The highest BCUT2D eigenvalue weighted by atomic mass is 16.3. The van der Waals surface area contributed by atoms with Crippen molar-refractivity contribution in [2.75, 3.05) is 6.54 Å². The predicted molar refractivity (Wildman–Crippen MR) is 102 cm³/mol. The van der Waals surface area contributed by atoms with Gasteiger partial charge in [-0.2, -0.15) is 0 Å². The highest BCUT2D eigenvalue weighted by molar-refractivity contribution is 5.95. The van der Waals surface area contributed by atoms with E-state index in [2.05, 4.69) is 10.3 Å². The summed E-state index contributed by atoms with van der Waals surface area (Å²) < 4.78 is 5.20. The maximum atomic E-state index is 12.4. The Balaban J connectivity index is 1.78. The number of pyridine rings is 1. The number of rotatable bonds is 4. The highest BCUT2D eigenvalue weighted by Gasteiger charge is 2.24. The van der Waals surface area contributed by atoms with Crippen LogP contribution < -0.4 is 5.32 Å². The van der Waals surface area contributed by atoms with Crippen molar-refractivity contribution in [1.82, 2.24) is 15.2 Å². The Hall–Kier alpha value is -2.89. The van der Waals surface area contributed by atoms with Gasteiger partial charge in [0.1, 0.15) is 5.76 Å². The molecule has 0 saturated heterocycles. The van der Waals surface area contributed by atoms with Crippen LogP contribution in [0.5, 0.6) is 0 Å². The maximum absolute atomic E-state index is 12.4. The van der Waals surface area contributed by atoms with Gasteiger partial charge in [0.25, 0.3) is 5.91 Å². The number of hydrogen-bond acceptors (Lipinski definition) is 4. The number of hydrogen-bond donors (Lipinski definition) is 1. The predicted octanol–water partition coefficient (Wildman–Crippen LogP) is 3.07. The van der Waals surface area contributed by atoms with Gasteiger partial charge in [0, 0.05) is 37.1 Å². The van der Waals surface area contributed by atoms with Crippen LogP contribution >= 0.6 is 0 Å². The van der Waals surface area contributed by atoms with Crippen molar-refractivity contribution in [2.24, 2.45) is 0 Å². The lowest BCUT2D eigenvalue weighted by Gasteiger charge is -2.30. The molecule has 0 atom stereocenters. The molecule has 0 bridgehead atoms. The molecule has 0 unspecified atom stereocenters. The number of carbonyl (C=O) groups is 2. The van der Waals surface area contributed by atoms with E-state index in [9.17, 15) is 9.59 Å². The first-order valence-corrected chi connectivity index (χ1v) is 9.13. The van der Waals surface area contributed by atoms with Crippen LogP contribution in [0.1, 0.15) is 52.3 Å². The summed E-state index contributed by atoms with van der Waals surface area (Å²) in [5, 5.41) is 2.97. The molecule has 2 aromatic rings. The molecule has 1 aliphatic rings. The highest BCUT2D eigenvalue weighted by Crippen LogP contribution is 2.25. The minimum Gasteiger partial charge on any atom is -0.469 e. The lowest BCUT2D eigenvalue weighted by Crippen LogP contribution is -2.37. The van der Waals surface area contributed by atoms with Crippen LogP contribution in [0.25, 0.3) is 0 Å². The zero-order valence-electron chi connectivity index (χ0n) is 16.3. The second kappa shape index (κ2) is 7.78. The largest absolute Gasteiger partial charge is 0.469 e. The molecule has 2 amide bonds. The molecule has 0 fully saturated rings. The van der Waals surface area contributed by atoms with E-state index in [-0.39, 0.29) is 11.8 Å². The van der Waals surface area contributed by atoms with E-state index in [0.29, 0.717) is 31.0 Å². The van der Waals surface area contributed by atoms with Gasteiger partial charge in [-0.1, -0.05) is 6.08 Å². The quantitative estimate of drug-likeness (QED) is 0.843. The first-order valence-electron chi connectivity index (χ1n) is 9.13. The zero-order chi connectivity index (χ0) is 19.6. The molecule has 1 N–H and O–H groups in total. The molecule has 6 nitrogen and oxygen atoms in total. The normalized spacial score (nSPS) is 14.1. The van der Waals surface area contributed by atoms with Gasteiger partial charge < -0.3 is 14.6 Å². The van der Waals surface area contributed by atoms with E-state index in [4.69, 9.17) is 4.42 Å². The smallest absolute Gasteiger partial charge is 0.255 e. The van der Waals surface area contributed by atoms with Gasteiger partial charge in [-0.25, -0.2) is 0 Å². The first-order chi connectivity index (χ1) is 12.9. The van der Waals surface area contributed by atoms with Crippen molar-refractivity contribution < 1.29 is 14.0 Å². The molecule has 142 valence electrons. The number of nitrogens with zero attached hydrogens (tertiary/aromatic N) is 2. The van der Waals surface area contributed by atoms with Gasteiger partial charge in [0.2, 0.25) is 5.91 Å². The maximum Gasteiger partial charge on any atom is 0.255 e. The monoisotopic (exact) mass is 367 g/mol. The summed E-state index contributed by atoms with van der Waals surface area (Å²) in [7, 11) is 0. The molecule has 3 heterocycles. The lowest BCUT2D eigenvalue weighted by atomic mass is 9.94. The molecule has 0 aromatic carbocycles. The van der Waals surface area contributed by atoms with E-state index in [1.54, 1.807) is 13.0 Å². The molecule has 2 aromatic heterocycles.